The van der Waals surface area contributed by atoms with Gasteiger partial charge in [-0.25, -0.2) is 4.98 Å². The minimum absolute atomic E-state index is 0.0631. The molecule has 2 aromatic carbocycles. The van der Waals surface area contributed by atoms with Crippen LogP contribution in [0.15, 0.2) is 81.8 Å². The minimum atomic E-state index is -0.0631. The normalized spacial score (nSPS) is 14.3. The largest absolute Gasteiger partial charge is 0.467 e. The quantitative estimate of drug-likeness (QED) is 0.385. The van der Waals surface area contributed by atoms with E-state index in [4.69, 9.17) is 13.8 Å². The van der Waals surface area contributed by atoms with Crippen LogP contribution < -0.4 is 4.90 Å². The average molecular weight is 471 g/mol. The minimum Gasteiger partial charge on any atom is -0.467 e. The van der Waals surface area contributed by atoms with Gasteiger partial charge in [-0.3, -0.25) is 9.69 Å². The predicted molar refractivity (Wildman–Crippen MR) is 135 cm³/mol. The summed E-state index contributed by atoms with van der Waals surface area (Å²) >= 11 is 0. The van der Waals surface area contributed by atoms with Gasteiger partial charge < -0.3 is 18.6 Å². The number of rotatable bonds is 7. The molecule has 0 aliphatic carbocycles. The standard InChI is InChI=1S/C28H30N4O3/c1-21-26(20-31-14-16-32(17-15-31)24-7-4-3-5-8-24)29-27(35-21)22-10-12-23(13-11-22)28(33)30(2)19-25-9-6-18-34-25/h3-13,18H,14-17,19-20H2,1-2H3. The predicted octanol–water partition coefficient (Wildman–Crippen LogP) is 4.84. The first kappa shape index (κ1) is 22.9. The number of para-hydroxylation sites is 1. The van der Waals surface area contributed by atoms with E-state index < -0.39 is 0 Å². The van der Waals surface area contributed by atoms with Gasteiger partial charge in [0.2, 0.25) is 5.89 Å². The molecule has 1 fully saturated rings. The molecule has 35 heavy (non-hydrogen) atoms. The molecule has 5 rings (SSSR count). The first-order chi connectivity index (χ1) is 17.1. The van der Waals surface area contributed by atoms with Gasteiger partial charge in [0.1, 0.15) is 11.5 Å². The van der Waals surface area contributed by atoms with Crippen LogP contribution in [0.25, 0.3) is 11.5 Å². The van der Waals surface area contributed by atoms with E-state index in [9.17, 15) is 4.79 Å². The fourth-order valence-electron chi connectivity index (χ4n) is 4.40. The lowest BCUT2D eigenvalue weighted by atomic mass is 10.1. The molecule has 180 valence electrons. The SMILES string of the molecule is Cc1oc(-c2ccc(C(=O)N(C)Cc3ccco3)cc2)nc1CN1CCN(c2ccccc2)CC1. The summed E-state index contributed by atoms with van der Waals surface area (Å²) in [6, 6.07) is 21.7. The molecular formula is C28H30N4O3. The number of carbonyl (C=O) groups excluding carboxylic acids is 1. The van der Waals surface area contributed by atoms with Crippen molar-refractivity contribution < 1.29 is 13.6 Å². The van der Waals surface area contributed by atoms with Crippen molar-refractivity contribution >= 4 is 11.6 Å². The third-order valence-electron chi connectivity index (χ3n) is 6.46. The van der Waals surface area contributed by atoms with E-state index in [2.05, 4.69) is 40.1 Å². The van der Waals surface area contributed by atoms with Crippen LogP contribution in [0.4, 0.5) is 5.69 Å². The number of aryl methyl sites for hydroxylation is 1. The van der Waals surface area contributed by atoms with Gasteiger partial charge in [-0.15, -0.1) is 0 Å². The number of amides is 1. The van der Waals surface area contributed by atoms with Crippen molar-refractivity contribution in [2.45, 2.75) is 20.0 Å². The van der Waals surface area contributed by atoms with E-state index in [1.54, 1.807) is 18.2 Å². The van der Waals surface area contributed by atoms with E-state index >= 15 is 0 Å². The lowest BCUT2D eigenvalue weighted by molar-refractivity contribution is 0.0775. The van der Waals surface area contributed by atoms with Gasteiger partial charge in [0.05, 0.1) is 18.5 Å². The number of furan rings is 1. The molecular weight excluding hydrogens is 440 g/mol. The molecule has 1 amide bonds. The fourth-order valence-corrected chi connectivity index (χ4v) is 4.40. The van der Waals surface area contributed by atoms with Gasteiger partial charge in [-0.05, 0) is 55.5 Å². The summed E-state index contributed by atoms with van der Waals surface area (Å²) in [5.74, 6) is 2.11. The zero-order valence-corrected chi connectivity index (χ0v) is 20.2. The third kappa shape index (κ3) is 5.30. The van der Waals surface area contributed by atoms with Crippen molar-refractivity contribution in [3.63, 3.8) is 0 Å². The molecule has 0 N–H and O–H groups in total. The average Bonchev–Trinajstić information content (AvgIpc) is 3.54. The zero-order chi connectivity index (χ0) is 24.2. The van der Waals surface area contributed by atoms with Crippen molar-refractivity contribution in [3.8, 4) is 11.5 Å². The Morgan fingerprint density at radius 1 is 0.971 bits per heavy atom. The van der Waals surface area contributed by atoms with Crippen LogP contribution in [0.1, 0.15) is 27.6 Å². The van der Waals surface area contributed by atoms with Gasteiger partial charge in [0.25, 0.3) is 5.91 Å². The summed E-state index contributed by atoms with van der Waals surface area (Å²) < 4.78 is 11.3. The highest BCUT2D eigenvalue weighted by Gasteiger charge is 2.21. The van der Waals surface area contributed by atoms with Gasteiger partial charge in [-0.2, -0.15) is 0 Å². The highest BCUT2D eigenvalue weighted by Crippen LogP contribution is 2.24. The molecule has 7 heteroatoms. The maximum absolute atomic E-state index is 12.7. The Morgan fingerprint density at radius 3 is 2.40 bits per heavy atom. The second kappa shape index (κ2) is 10.2. The molecule has 1 saturated heterocycles. The number of hydrogen-bond donors (Lipinski definition) is 0. The van der Waals surface area contributed by atoms with Crippen molar-refractivity contribution in [1.29, 1.82) is 0 Å². The first-order valence-electron chi connectivity index (χ1n) is 11.9. The second-order valence-electron chi connectivity index (χ2n) is 8.94. The van der Waals surface area contributed by atoms with Gasteiger partial charge >= 0.3 is 0 Å². The lowest BCUT2D eigenvalue weighted by Crippen LogP contribution is -2.46. The Kier molecular flexibility index (Phi) is 6.68. The molecule has 7 nitrogen and oxygen atoms in total. The Balaban J connectivity index is 1.19. The topological polar surface area (TPSA) is 66.0 Å². The van der Waals surface area contributed by atoms with Crippen molar-refractivity contribution in [2.75, 3.05) is 38.1 Å². The Morgan fingerprint density at radius 2 is 1.71 bits per heavy atom. The molecule has 1 aliphatic rings. The number of nitrogens with zero attached hydrogens (tertiary/aromatic N) is 4. The van der Waals surface area contributed by atoms with E-state index in [1.807, 2.05) is 43.3 Å². The zero-order valence-electron chi connectivity index (χ0n) is 20.2. The number of hydrogen-bond acceptors (Lipinski definition) is 6. The van der Waals surface area contributed by atoms with Crippen LogP contribution in [0.3, 0.4) is 0 Å². The second-order valence-corrected chi connectivity index (χ2v) is 8.94. The molecule has 0 bridgehead atoms. The van der Waals surface area contributed by atoms with Gasteiger partial charge in [0.15, 0.2) is 0 Å². The smallest absolute Gasteiger partial charge is 0.254 e. The molecule has 4 aromatic rings. The van der Waals surface area contributed by atoms with Crippen molar-refractivity contribution in [1.82, 2.24) is 14.8 Å². The lowest BCUT2D eigenvalue weighted by Gasteiger charge is -2.35. The molecule has 3 heterocycles. The number of oxazole rings is 1. The van der Waals surface area contributed by atoms with E-state index in [0.717, 1.165) is 55.5 Å². The first-order valence-corrected chi connectivity index (χ1v) is 11.9. The monoisotopic (exact) mass is 470 g/mol. The summed E-state index contributed by atoms with van der Waals surface area (Å²) in [7, 11) is 1.77. The van der Waals surface area contributed by atoms with Crippen LogP contribution in [0, 0.1) is 6.92 Å². The Hall–Kier alpha value is -3.84. The van der Waals surface area contributed by atoms with Crippen molar-refractivity contribution in [3.05, 3.63) is 95.8 Å². The van der Waals surface area contributed by atoms with Crippen LogP contribution in [-0.4, -0.2) is 53.9 Å². The highest BCUT2D eigenvalue weighted by molar-refractivity contribution is 5.94. The van der Waals surface area contributed by atoms with Gasteiger partial charge in [-0.1, -0.05) is 18.2 Å². The van der Waals surface area contributed by atoms with Crippen LogP contribution >= 0.6 is 0 Å². The summed E-state index contributed by atoms with van der Waals surface area (Å²) in [5.41, 5.74) is 3.72. The maximum atomic E-state index is 12.7. The molecule has 0 spiro atoms. The molecule has 0 atom stereocenters. The maximum Gasteiger partial charge on any atom is 0.254 e. The van der Waals surface area contributed by atoms with E-state index in [-0.39, 0.29) is 5.91 Å². The number of anilines is 1. The molecule has 0 radical (unpaired) electrons. The third-order valence-corrected chi connectivity index (χ3v) is 6.46. The summed E-state index contributed by atoms with van der Waals surface area (Å²) in [6.45, 7) is 7.13. The molecule has 0 unspecified atom stereocenters. The summed E-state index contributed by atoms with van der Waals surface area (Å²) in [4.78, 5) is 24.0. The fraction of sp³-hybridized carbons (Fsp3) is 0.286. The summed E-state index contributed by atoms with van der Waals surface area (Å²) in [5, 5.41) is 0. The van der Waals surface area contributed by atoms with Crippen LogP contribution in [-0.2, 0) is 13.1 Å². The van der Waals surface area contributed by atoms with E-state index in [1.165, 1.54) is 5.69 Å². The number of carbonyl (C=O) groups is 1. The van der Waals surface area contributed by atoms with Crippen LogP contribution in [0.2, 0.25) is 0 Å². The molecule has 2 aromatic heterocycles. The van der Waals surface area contributed by atoms with E-state index in [0.29, 0.717) is 18.0 Å². The van der Waals surface area contributed by atoms with Crippen molar-refractivity contribution in [2.24, 2.45) is 0 Å². The molecule has 0 saturated carbocycles. The van der Waals surface area contributed by atoms with Crippen LogP contribution in [0.5, 0.6) is 0 Å². The molecule has 1 aliphatic heterocycles. The number of piperazine rings is 1. The van der Waals surface area contributed by atoms with Gasteiger partial charge in [0, 0.05) is 56.6 Å². The Labute approximate surface area is 205 Å². The number of benzene rings is 2. The Bertz CT molecular complexity index is 1240. The highest BCUT2D eigenvalue weighted by atomic mass is 16.4. The summed E-state index contributed by atoms with van der Waals surface area (Å²) in [6.07, 6.45) is 1.61. The number of aromatic nitrogens is 1.